The second-order valence-corrected chi connectivity index (χ2v) is 4.46. The number of nitrogens with zero attached hydrogens (tertiary/aromatic N) is 3. The summed E-state index contributed by atoms with van der Waals surface area (Å²) in [5.41, 5.74) is 7.37. The Kier molecular flexibility index (Phi) is 4.42. The Morgan fingerprint density at radius 3 is 2.52 bits per heavy atom. The fraction of sp³-hybridized carbons (Fsp3) is 0.286. The molecule has 0 bridgehead atoms. The lowest BCUT2D eigenvalue weighted by Crippen LogP contribution is -2.17. The highest BCUT2D eigenvalue weighted by molar-refractivity contribution is 6.03. The largest absolute Gasteiger partial charge is 0.399 e. The van der Waals surface area contributed by atoms with E-state index in [0.29, 0.717) is 6.42 Å². The molecule has 0 unspecified atom stereocenters. The predicted octanol–water partition coefficient (Wildman–Crippen LogP) is 1.97. The third-order valence-electron chi connectivity index (χ3n) is 2.92. The Morgan fingerprint density at radius 2 is 1.90 bits per heavy atom. The number of anilines is 2. The predicted molar refractivity (Wildman–Crippen MR) is 77.3 cm³/mol. The van der Waals surface area contributed by atoms with E-state index < -0.39 is 11.7 Å². The summed E-state index contributed by atoms with van der Waals surface area (Å²) in [6.07, 6.45) is 1.41. The molecule has 21 heavy (non-hydrogen) atoms. The summed E-state index contributed by atoms with van der Waals surface area (Å²) in [5, 5.41) is 10.4. The van der Waals surface area contributed by atoms with Crippen molar-refractivity contribution in [3.05, 3.63) is 41.0 Å². The van der Waals surface area contributed by atoms with E-state index in [9.17, 15) is 9.18 Å². The second kappa shape index (κ2) is 6.25. The highest BCUT2D eigenvalue weighted by atomic mass is 19.1. The van der Waals surface area contributed by atoms with Crippen LogP contribution in [0.4, 0.5) is 16.0 Å². The summed E-state index contributed by atoms with van der Waals surface area (Å²) in [4.78, 5) is 16.3. The van der Waals surface area contributed by atoms with Crippen LogP contribution < -0.4 is 11.1 Å². The molecule has 7 heteroatoms. The van der Waals surface area contributed by atoms with Gasteiger partial charge in [-0.15, -0.1) is 10.2 Å². The number of nitrogen functional groups attached to an aromatic ring is 1. The number of halogens is 1. The van der Waals surface area contributed by atoms with Crippen LogP contribution in [0.2, 0.25) is 0 Å². The SMILES string of the molecule is CCc1nnc(NC(=O)c2cc(N)cc(F)c2)nc1CC. The summed E-state index contributed by atoms with van der Waals surface area (Å²) < 4.78 is 13.2. The maximum Gasteiger partial charge on any atom is 0.258 e. The lowest BCUT2D eigenvalue weighted by Gasteiger charge is -2.07. The second-order valence-electron chi connectivity index (χ2n) is 4.46. The fourth-order valence-electron chi connectivity index (χ4n) is 1.91. The standard InChI is InChI=1S/C14H16FN5O/c1-3-11-12(4-2)19-20-14(17-11)18-13(21)8-5-9(15)7-10(16)6-8/h5-7H,3-4,16H2,1-2H3,(H,17,18,20,21). The maximum atomic E-state index is 13.2. The van der Waals surface area contributed by atoms with Crippen LogP contribution in [0.5, 0.6) is 0 Å². The summed E-state index contributed by atoms with van der Waals surface area (Å²) in [6.45, 7) is 3.90. The molecule has 0 aliphatic carbocycles. The van der Waals surface area contributed by atoms with E-state index in [1.165, 1.54) is 6.07 Å². The fourth-order valence-corrected chi connectivity index (χ4v) is 1.91. The first-order valence-corrected chi connectivity index (χ1v) is 6.63. The van der Waals surface area contributed by atoms with Gasteiger partial charge in [0.1, 0.15) is 5.82 Å². The zero-order valence-corrected chi connectivity index (χ0v) is 11.9. The van der Waals surface area contributed by atoms with E-state index >= 15 is 0 Å². The van der Waals surface area contributed by atoms with E-state index in [4.69, 9.17) is 5.73 Å². The molecule has 0 aliphatic rings. The smallest absolute Gasteiger partial charge is 0.258 e. The first-order valence-electron chi connectivity index (χ1n) is 6.63. The van der Waals surface area contributed by atoms with Crippen molar-refractivity contribution in [1.29, 1.82) is 0 Å². The number of carbonyl (C=O) groups is 1. The highest BCUT2D eigenvalue weighted by Crippen LogP contribution is 2.13. The van der Waals surface area contributed by atoms with Crippen LogP contribution in [0.25, 0.3) is 0 Å². The van der Waals surface area contributed by atoms with Gasteiger partial charge in [-0.2, -0.15) is 0 Å². The molecule has 0 aliphatic heterocycles. The summed E-state index contributed by atoms with van der Waals surface area (Å²) >= 11 is 0. The van der Waals surface area contributed by atoms with Crippen LogP contribution in [0.1, 0.15) is 35.6 Å². The normalized spacial score (nSPS) is 10.4. The molecule has 3 N–H and O–H groups in total. The number of hydrogen-bond acceptors (Lipinski definition) is 5. The molecule has 0 saturated carbocycles. The van der Waals surface area contributed by atoms with Gasteiger partial charge < -0.3 is 5.73 Å². The molecular weight excluding hydrogens is 273 g/mol. The zero-order valence-electron chi connectivity index (χ0n) is 11.9. The van der Waals surface area contributed by atoms with Crippen LogP contribution >= 0.6 is 0 Å². The van der Waals surface area contributed by atoms with Crippen LogP contribution in [-0.4, -0.2) is 21.1 Å². The summed E-state index contributed by atoms with van der Waals surface area (Å²) in [7, 11) is 0. The van der Waals surface area contributed by atoms with Gasteiger partial charge in [0.25, 0.3) is 5.91 Å². The van der Waals surface area contributed by atoms with Gasteiger partial charge in [0, 0.05) is 11.3 Å². The van der Waals surface area contributed by atoms with Crippen molar-refractivity contribution < 1.29 is 9.18 Å². The number of nitrogens with two attached hydrogens (primary N) is 1. The van der Waals surface area contributed by atoms with Gasteiger partial charge in [-0.3, -0.25) is 10.1 Å². The molecule has 2 aromatic rings. The van der Waals surface area contributed by atoms with Gasteiger partial charge in [0.05, 0.1) is 11.4 Å². The average Bonchev–Trinajstić information content (AvgIpc) is 2.46. The number of nitrogens with one attached hydrogen (secondary N) is 1. The molecule has 0 radical (unpaired) electrons. The molecular formula is C14H16FN5O. The molecule has 1 amide bonds. The van der Waals surface area contributed by atoms with Crippen molar-refractivity contribution in [2.45, 2.75) is 26.7 Å². The molecule has 2 rings (SSSR count). The number of amides is 1. The van der Waals surface area contributed by atoms with Gasteiger partial charge in [-0.25, -0.2) is 9.37 Å². The Hall–Kier alpha value is -2.57. The number of rotatable bonds is 4. The first-order chi connectivity index (χ1) is 10.0. The molecule has 6 nitrogen and oxygen atoms in total. The molecule has 110 valence electrons. The van der Waals surface area contributed by atoms with Crippen molar-refractivity contribution in [3.8, 4) is 0 Å². The third-order valence-corrected chi connectivity index (χ3v) is 2.92. The van der Waals surface area contributed by atoms with Crippen molar-refractivity contribution in [1.82, 2.24) is 15.2 Å². The Labute approximate surface area is 121 Å². The van der Waals surface area contributed by atoms with E-state index in [-0.39, 0.29) is 17.2 Å². The van der Waals surface area contributed by atoms with E-state index in [1.54, 1.807) is 0 Å². The van der Waals surface area contributed by atoms with Crippen molar-refractivity contribution in [2.24, 2.45) is 0 Å². The van der Waals surface area contributed by atoms with Crippen molar-refractivity contribution in [3.63, 3.8) is 0 Å². The van der Waals surface area contributed by atoms with Crippen molar-refractivity contribution >= 4 is 17.5 Å². The molecule has 0 fully saturated rings. The molecule has 0 spiro atoms. The average molecular weight is 289 g/mol. The van der Waals surface area contributed by atoms with Crippen LogP contribution in [0, 0.1) is 5.82 Å². The van der Waals surface area contributed by atoms with E-state index in [1.807, 2.05) is 13.8 Å². The number of benzene rings is 1. The van der Waals surface area contributed by atoms with E-state index in [0.717, 1.165) is 29.9 Å². The molecule has 1 heterocycles. The van der Waals surface area contributed by atoms with Crippen LogP contribution in [0.15, 0.2) is 18.2 Å². The van der Waals surface area contributed by atoms with Gasteiger partial charge in [-0.05, 0) is 31.0 Å². The number of aromatic nitrogens is 3. The molecule has 1 aromatic heterocycles. The Balaban J connectivity index is 2.23. The summed E-state index contributed by atoms with van der Waals surface area (Å²) in [5.74, 6) is -1.01. The van der Waals surface area contributed by atoms with Crippen LogP contribution in [-0.2, 0) is 12.8 Å². The lowest BCUT2D eigenvalue weighted by atomic mass is 10.2. The summed E-state index contributed by atoms with van der Waals surface area (Å²) in [6, 6.07) is 3.62. The van der Waals surface area contributed by atoms with Gasteiger partial charge in [-0.1, -0.05) is 13.8 Å². The van der Waals surface area contributed by atoms with Gasteiger partial charge >= 0.3 is 0 Å². The molecule has 1 aromatic carbocycles. The number of hydrogen-bond donors (Lipinski definition) is 2. The maximum absolute atomic E-state index is 13.2. The molecule has 0 saturated heterocycles. The minimum absolute atomic E-state index is 0.0943. The third kappa shape index (κ3) is 3.50. The zero-order chi connectivity index (χ0) is 15.4. The lowest BCUT2D eigenvalue weighted by molar-refractivity contribution is 0.102. The number of carbonyl (C=O) groups excluding carboxylic acids is 1. The Morgan fingerprint density at radius 1 is 1.19 bits per heavy atom. The van der Waals surface area contributed by atoms with Crippen LogP contribution in [0.3, 0.4) is 0 Å². The monoisotopic (exact) mass is 289 g/mol. The first kappa shape index (κ1) is 14.8. The number of aryl methyl sites for hydroxylation is 2. The minimum atomic E-state index is -0.574. The Bertz CT molecular complexity index is 654. The topological polar surface area (TPSA) is 93.8 Å². The van der Waals surface area contributed by atoms with Gasteiger partial charge in [0.2, 0.25) is 5.95 Å². The minimum Gasteiger partial charge on any atom is -0.399 e. The van der Waals surface area contributed by atoms with Gasteiger partial charge in [0.15, 0.2) is 0 Å². The quantitative estimate of drug-likeness (QED) is 0.839. The highest BCUT2D eigenvalue weighted by Gasteiger charge is 2.12. The van der Waals surface area contributed by atoms with Crippen molar-refractivity contribution in [2.75, 3.05) is 11.1 Å². The molecule has 0 atom stereocenters. The van der Waals surface area contributed by atoms with E-state index in [2.05, 4.69) is 20.5 Å².